The lowest BCUT2D eigenvalue weighted by atomic mass is 9.95. The SMILES string of the molecule is CCCCCOc1ccc(C2C(C(=O)c3sc(C)nc3C)=C(O)C(=O)N2c2nc(C)c(C(C)=O)s2)cc1. The van der Waals surface area contributed by atoms with Crippen molar-refractivity contribution in [3.05, 3.63) is 67.3 Å². The van der Waals surface area contributed by atoms with Crippen molar-refractivity contribution in [3.63, 3.8) is 0 Å². The number of carbonyl (C=O) groups is 3. The Kier molecular flexibility index (Phi) is 7.89. The number of benzene rings is 1. The minimum absolute atomic E-state index is 0.0365. The van der Waals surface area contributed by atoms with Crippen LogP contribution in [0.15, 0.2) is 35.6 Å². The fourth-order valence-corrected chi connectivity index (χ4v) is 6.18. The molecule has 1 N–H and O–H groups in total. The summed E-state index contributed by atoms with van der Waals surface area (Å²) >= 11 is 2.29. The van der Waals surface area contributed by atoms with Crippen LogP contribution in [0.25, 0.3) is 0 Å². The second kappa shape index (κ2) is 10.9. The molecule has 10 heteroatoms. The van der Waals surface area contributed by atoms with Crippen molar-refractivity contribution in [2.24, 2.45) is 0 Å². The second-order valence-electron chi connectivity index (χ2n) is 8.91. The number of ether oxygens (including phenoxy) is 1. The van der Waals surface area contributed by atoms with E-state index in [0.29, 0.717) is 44.1 Å². The summed E-state index contributed by atoms with van der Waals surface area (Å²) in [6.07, 6.45) is 3.13. The molecule has 0 saturated carbocycles. The van der Waals surface area contributed by atoms with Gasteiger partial charge in [-0.05, 0) is 44.9 Å². The van der Waals surface area contributed by atoms with Crippen molar-refractivity contribution in [2.45, 2.75) is 59.9 Å². The Morgan fingerprint density at radius 2 is 1.70 bits per heavy atom. The van der Waals surface area contributed by atoms with Gasteiger partial charge in [-0.15, -0.1) is 11.3 Å². The number of carbonyl (C=O) groups excluding carboxylic acids is 3. The van der Waals surface area contributed by atoms with E-state index in [0.717, 1.165) is 30.6 Å². The summed E-state index contributed by atoms with van der Waals surface area (Å²) in [7, 11) is 0. The van der Waals surface area contributed by atoms with Gasteiger partial charge in [0.05, 0.1) is 44.4 Å². The summed E-state index contributed by atoms with van der Waals surface area (Å²) in [6.45, 7) is 9.39. The van der Waals surface area contributed by atoms with Crippen LogP contribution in [0.1, 0.15) is 80.5 Å². The molecule has 0 radical (unpaired) electrons. The fourth-order valence-electron chi connectivity index (χ4n) is 4.31. The highest BCUT2D eigenvalue weighted by Crippen LogP contribution is 2.44. The summed E-state index contributed by atoms with van der Waals surface area (Å²) < 4.78 is 5.82. The number of aliphatic hydroxyl groups excluding tert-OH is 1. The van der Waals surface area contributed by atoms with E-state index in [1.54, 1.807) is 45.0 Å². The zero-order valence-electron chi connectivity index (χ0n) is 21.5. The number of aliphatic hydroxyl groups is 1. The molecule has 0 spiro atoms. The molecule has 0 saturated heterocycles. The van der Waals surface area contributed by atoms with Gasteiger partial charge in [-0.1, -0.05) is 43.2 Å². The monoisotopic (exact) mass is 539 g/mol. The van der Waals surface area contributed by atoms with Gasteiger partial charge in [0, 0.05) is 6.92 Å². The number of aryl methyl sites for hydroxylation is 3. The standard InChI is InChI=1S/C27H29N3O5S2/c1-6-7-8-13-35-19-11-9-18(10-12-19)21-20(22(32)25-15(3)28-17(5)36-25)23(33)26(34)30(21)27-29-14(2)24(37-27)16(4)31/h9-12,21,33H,6-8,13H2,1-5H3. The molecule has 0 aliphatic carbocycles. The third-order valence-corrected chi connectivity index (χ3v) is 8.42. The van der Waals surface area contributed by atoms with Crippen molar-refractivity contribution in [1.29, 1.82) is 0 Å². The third kappa shape index (κ3) is 5.21. The lowest BCUT2D eigenvalue weighted by Crippen LogP contribution is -2.31. The van der Waals surface area contributed by atoms with E-state index in [1.165, 1.54) is 23.2 Å². The van der Waals surface area contributed by atoms with Crippen LogP contribution in [0.3, 0.4) is 0 Å². The average Bonchev–Trinajstić information content (AvgIpc) is 3.49. The van der Waals surface area contributed by atoms with Gasteiger partial charge in [0.25, 0.3) is 5.91 Å². The van der Waals surface area contributed by atoms with E-state index in [4.69, 9.17) is 4.74 Å². The zero-order chi connectivity index (χ0) is 26.9. The number of hydrogen-bond acceptors (Lipinski definition) is 9. The van der Waals surface area contributed by atoms with Gasteiger partial charge >= 0.3 is 0 Å². The van der Waals surface area contributed by atoms with Crippen molar-refractivity contribution >= 4 is 45.3 Å². The summed E-state index contributed by atoms with van der Waals surface area (Å²) in [5, 5.41) is 11.9. The number of nitrogens with zero attached hydrogens (tertiary/aromatic N) is 3. The minimum Gasteiger partial charge on any atom is -0.503 e. The van der Waals surface area contributed by atoms with Gasteiger partial charge in [-0.2, -0.15) is 0 Å². The Labute approximate surface area is 223 Å². The second-order valence-corrected chi connectivity index (χ2v) is 11.1. The number of unbranched alkanes of at least 4 members (excludes halogenated alkanes) is 2. The molecule has 3 aromatic rings. The van der Waals surface area contributed by atoms with E-state index >= 15 is 0 Å². The number of Topliss-reactive ketones (excluding diaryl/α,β-unsaturated/α-hetero) is 2. The lowest BCUT2D eigenvalue weighted by Gasteiger charge is -2.24. The van der Waals surface area contributed by atoms with Gasteiger partial charge in [0.15, 0.2) is 16.7 Å². The van der Waals surface area contributed by atoms with E-state index in [2.05, 4.69) is 16.9 Å². The Hall–Kier alpha value is -3.37. The molecule has 1 unspecified atom stereocenters. The number of amides is 1. The maximum Gasteiger partial charge on any atom is 0.296 e. The van der Waals surface area contributed by atoms with Crippen LogP contribution < -0.4 is 9.64 Å². The van der Waals surface area contributed by atoms with E-state index in [1.807, 2.05) is 0 Å². The quantitative estimate of drug-likeness (QED) is 0.246. The predicted octanol–water partition coefficient (Wildman–Crippen LogP) is 6.08. The van der Waals surface area contributed by atoms with Crippen molar-refractivity contribution in [1.82, 2.24) is 9.97 Å². The summed E-state index contributed by atoms with van der Waals surface area (Å²) in [5.41, 5.74) is 1.60. The molecule has 4 rings (SSSR count). The molecule has 194 valence electrons. The number of anilines is 1. The van der Waals surface area contributed by atoms with Crippen molar-refractivity contribution in [2.75, 3.05) is 11.5 Å². The first kappa shape index (κ1) is 26.7. The summed E-state index contributed by atoms with van der Waals surface area (Å²) in [4.78, 5) is 50.1. The summed E-state index contributed by atoms with van der Waals surface area (Å²) in [5.74, 6) is -1.32. The first-order valence-corrected chi connectivity index (χ1v) is 13.7. The molecule has 37 heavy (non-hydrogen) atoms. The molecule has 8 nitrogen and oxygen atoms in total. The smallest absolute Gasteiger partial charge is 0.296 e. The maximum atomic E-state index is 13.7. The highest BCUT2D eigenvalue weighted by atomic mass is 32.1. The van der Waals surface area contributed by atoms with Gasteiger partial charge in [-0.25, -0.2) is 9.97 Å². The first-order chi connectivity index (χ1) is 17.6. The van der Waals surface area contributed by atoms with E-state index in [9.17, 15) is 19.5 Å². The largest absolute Gasteiger partial charge is 0.503 e. The van der Waals surface area contributed by atoms with Gasteiger partial charge < -0.3 is 9.84 Å². The molecule has 1 aliphatic rings. The van der Waals surface area contributed by atoms with Gasteiger partial charge in [-0.3, -0.25) is 19.3 Å². The molecule has 0 fully saturated rings. The van der Waals surface area contributed by atoms with Crippen LogP contribution in [-0.2, 0) is 4.79 Å². The van der Waals surface area contributed by atoms with Crippen LogP contribution in [-0.4, -0.2) is 39.2 Å². The van der Waals surface area contributed by atoms with Crippen LogP contribution in [0, 0.1) is 20.8 Å². The Morgan fingerprint density at radius 1 is 1.03 bits per heavy atom. The fraction of sp³-hybridized carbons (Fsp3) is 0.370. The van der Waals surface area contributed by atoms with Crippen molar-refractivity contribution < 1.29 is 24.2 Å². The molecule has 1 aromatic carbocycles. The number of thiazole rings is 2. The predicted molar refractivity (Wildman–Crippen MR) is 144 cm³/mol. The molecule has 1 aliphatic heterocycles. The Bertz CT molecular complexity index is 1390. The van der Waals surface area contributed by atoms with Gasteiger partial charge in [0.1, 0.15) is 5.75 Å². The summed E-state index contributed by atoms with van der Waals surface area (Å²) in [6, 6.07) is 6.21. The number of ketones is 2. The minimum atomic E-state index is -0.929. The highest BCUT2D eigenvalue weighted by Gasteiger charge is 2.46. The molecular weight excluding hydrogens is 510 g/mol. The third-order valence-electron chi connectivity index (χ3n) is 6.09. The first-order valence-electron chi connectivity index (χ1n) is 12.1. The topological polar surface area (TPSA) is 110 Å². The van der Waals surface area contributed by atoms with Crippen molar-refractivity contribution in [3.8, 4) is 5.75 Å². The molecule has 2 aromatic heterocycles. The van der Waals surface area contributed by atoms with Crippen LogP contribution in [0.2, 0.25) is 0 Å². The molecule has 3 heterocycles. The lowest BCUT2D eigenvalue weighted by molar-refractivity contribution is -0.117. The van der Waals surface area contributed by atoms with Crippen LogP contribution in [0.5, 0.6) is 5.75 Å². The Balaban J connectivity index is 1.78. The highest BCUT2D eigenvalue weighted by molar-refractivity contribution is 7.17. The Morgan fingerprint density at radius 3 is 2.27 bits per heavy atom. The van der Waals surface area contributed by atoms with E-state index < -0.39 is 23.5 Å². The molecule has 1 amide bonds. The van der Waals surface area contributed by atoms with Crippen LogP contribution in [0.4, 0.5) is 5.13 Å². The molecule has 1 atom stereocenters. The number of hydrogen-bond donors (Lipinski definition) is 1. The maximum absolute atomic E-state index is 13.7. The van der Waals surface area contributed by atoms with Crippen LogP contribution >= 0.6 is 22.7 Å². The van der Waals surface area contributed by atoms with E-state index in [-0.39, 0.29) is 16.5 Å². The number of rotatable bonds is 10. The average molecular weight is 540 g/mol. The molecule has 0 bridgehead atoms. The zero-order valence-corrected chi connectivity index (χ0v) is 23.1. The number of aromatic nitrogens is 2. The van der Waals surface area contributed by atoms with Gasteiger partial charge in [0.2, 0.25) is 5.78 Å². The molecular formula is C27H29N3O5S2. The normalized spacial score (nSPS) is 15.5.